The number of hydrogen-bond donors (Lipinski definition) is 2. The van der Waals surface area contributed by atoms with E-state index in [1.54, 1.807) is 14.0 Å². The number of nitrogens with one attached hydrogen (secondary N) is 1. The molecule has 2 N–H and O–H groups in total. The van der Waals surface area contributed by atoms with Crippen molar-refractivity contribution in [2.45, 2.75) is 32.1 Å². The molecule has 6 nitrogen and oxygen atoms in total. The summed E-state index contributed by atoms with van der Waals surface area (Å²) in [5.41, 5.74) is 0. The van der Waals surface area contributed by atoms with Crippen LogP contribution in [0, 0.1) is 0 Å². The van der Waals surface area contributed by atoms with Crippen molar-refractivity contribution in [1.29, 1.82) is 0 Å². The zero-order valence-corrected chi connectivity index (χ0v) is 10.9. The predicted octanol–water partition coefficient (Wildman–Crippen LogP) is -0.450. The molecule has 0 aromatic rings. The fourth-order valence-electron chi connectivity index (χ4n) is 1.19. The van der Waals surface area contributed by atoms with Crippen molar-refractivity contribution < 1.29 is 24.1 Å². The van der Waals surface area contributed by atoms with Crippen LogP contribution in [-0.4, -0.2) is 63.3 Å². The van der Waals surface area contributed by atoms with E-state index in [1.165, 1.54) is 7.11 Å². The lowest BCUT2D eigenvalue weighted by atomic mass is 10.3. The fraction of sp³-hybridized carbons (Fsp3) is 0.909. The predicted molar refractivity (Wildman–Crippen MR) is 62.8 cm³/mol. The van der Waals surface area contributed by atoms with Crippen LogP contribution in [0.5, 0.6) is 0 Å². The number of rotatable bonds is 9. The zero-order chi connectivity index (χ0) is 13.3. The number of carbonyl (C=O) groups is 1. The molecule has 0 aliphatic carbocycles. The van der Waals surface area contributed by atoms with Gasteiger partial charge < -0.3 is 24.6 Å². The van der Waals surface area contributed by atoms with E-state index in [9.17, 15) is 9.90 Å². The minimum atomic E-state index is -0.665. The van der Waals surface area contributed by atoms with Crippen molar-refractivity contribution >= 4 is 5.97 Å². The van der Waals surface area contributed by atoms with Crippen LogP contribution < -0.4 is 5.32 Å². The Balaban J connectivity index is 3.65. The summed E-state index contributed by atoms with van der Waals surface area (Å²) in [6.07, 6.45) is -0.728. The van der Waals surface area contributed by atoms with Crippen LogP contribution in [0.3, 0.4) is 0 Å². The van der Waals surface area contributed by atoms with Gasteiger partial charge in [-0.05, 0) is 13.8 Å². The van der Waals surface area contributed by atoms with Crippen LogP contribution in [0.15, 0.2) is 0 Å². The molecule has 0 aliphatic heterocycles. The van der Waals surface area contributed by atoms with Gasteiger partial charge in [-0.25, -0.2) is 0 Å². The molecule has 3 atom stereocenters. The number of ether oxygens (including phenoxy) is 3. The fourth-order valence-corrected chi connectivity index (χ4v) is 1.19. The summed E-state index contributed by atoms with van der Waals surface area (Å²) >= 11 is 0. The van der Waals surface area contributed by atoms with Gasteiger partial charge in [0.15, 0.2) is 0 Å². The number of aliphatic hydroxyl groups is 1. The van der Waals surface area contributed by atoms with E-state index in [0.717, 1.165) is 0 Å². The highest BCUT2D eigenvalue weighted by atomic mass is 16.5. The zero-order valence-electron chi connectivity index (χ0n) is 10.9. The Labute approximate surface area is 102 Å². The van der Waals surface area contributed by atoms with E-state index >= 15 is 0 Å². The first kappa shape index (κ1) is 16.3. The van der Waals surface area contributed by atoms with Crippen LogP contribution in [0.2, 0.25) is 0 Å². The second-order valence-electron chi connectivity index (χ2n) is 3.91. The highest BCUT2D eigenvalue weighted by molar-refractivity contribution is 5.75. The molecular formula is C11H23NO5. The number of methoxy groups -OCH3 is 2. The molecule has 0 saturated carbocycles. The van der Waals surface area contributed by atoms with Crippen molar-refractivity contribution in [2.75, 3.05) is 34.0 Å². The molecule has 6 heteroatoms. The number of esters is 1. The number of aliphatic hydroxyl groups excluding tert-OH is 1. The van der Waals surface area contributed by atoms with E-state index in [1.807, 2.05) is 6.92 Å². The van der Waals surface area contributed by atoms with Gasteiger partial charge in [0.25, 0.3) is 0 Å². The third kappa shape index (κ3) is 8.09. The summed E-state index contributed by atoms with van der Waals surface area (Å²) in [6.45, 7) is 4.49. The summed E-state index contributed by atoms with van der Waals surface area (Å²) in [4.78, 5) is 11.1. The van der Waals surface area contributed by atoms with Gasteiger partial charge in [0.1, 0.15) is 6.04 Å². The normalized spacial score (nSPS) is 16.3. The van der Waals surface area contributed by atoms with Crippen LogP contribution >= 0.6 is 0 Å². The summed E-state index contributed by atoms with van der Waals surface area (Å²) < 4.78 is 14.8. The molecule has 0 aliphatic rings. The second kappa shape index (κ2) is 9.35. The molecule has 0 aromatic carbocycles. The van der Waals surface area contributed by atoms with Gasteiger partial charge in [0.05, 0.1) is 32.5 Å². The van der Waals surface area contributed by atoms with Crippen molar-refractivity contribution in [1.82, 2.24) is 5.32 Å². The number of carbonyl (C=O) groups excluding carboxylic acids is 1. The van der Waals surface area contributed by atoms with Crippen LogP contribution in [0.4, 0.5) is 0 Å². The molecule has 0 amide bonds. The Hall–Kier alpha value is -0.690. The van der Waals surface area contributed by atoms with E-state index in [-0.39, 0.29) is 25.2 Å². The van der Waals surface area contributed by atoms with Crippen molar-refractivity contribution in [2.24, 2.45) is 0 Å². The third-order valence-electron chi connectivity index (χ3n) is 2.19. The molecule has 0 bridgehead atoms. The Morgan fingerprint density at radius 3 is 2.47 bits per heavy atom. The minimum absolute atomic E-state index is 0.0623. The number of hydrogen-bond acceptors (Lipinski definition) is 6. The summed E-state index contributed by atoms with van der Waals surface area (Å²) in [5, 5.41) is 12.4. The van der Waals surface area contributed by atoms with Crippen molar-refractivity contribution in [3.05, 3.63) is 0 Å². The van der Waals surface area contributed by atoms with Gasteiger partial charge in [0.2, 0.25) is 0 Å². The van der Waals surface area contributed by atoms with Crippen LogP contribution in [0.25, 0.3) is 0 Å². The lowest BCUT2D eigenvalue weighted by Gasteiger charge is -2.18. The maximum atomic E-state index is 11.1. The van der Waals surface area contributed by atoms with Crippen LogP contribution in [-0.2, 0) is 19.0 Å². The molecule has 17 heavy (non-hydrogen) atoms. The molecule has 0 rings (SSSR count). The summed E-state index contributed by atoms with van der Waals surface area (Å²) in [6, 6.07) is -0.439. The quantitative estimate of drug-likeness (QED) is 0.539. The Kier molecular flexibility index (Phi) is 8.97. The Morgan fingerprint density at radius 1 is 1.29 bits per heavy atom. The van der Waals surface area contributed by atoms with Crippen molar-refractivity contribution in [3.63, 3.8) is 0 Å². The third-order valence-corrected chi connectivity index (χ3v) is 2.19. The highest BCUT2D eigenvalue weighted by Gasteiger charge is 2.14. The van der Waals surface area contributed by atoms with Gasteiger partial charge in [-0.1, -0.05) is 0 Å². The SMILES string of the molecule is COCC(C)OCC(O)CNC(C)C(=O)OC. The molecule has 0 fully saturated rings. The van der Waals surface area contributed by atoms with Crippen LogP contribution in [0.1, 0.15) is 13.8 Å². The highest BCUT2D eigenvalue weighted by Crippen LogP contribution is 1.94. The average molecular weight is 249 g/mol. The van der Waals surface area contributed by atoms with Gasteiger partial charge in [-0.3, -0.25) is 4.79 Å². The summed E-state index contributed by atoms with van der Waals surface area (Å²) in [5.74, 6) is -0.356. The topological polar surface area (TPSA) is 77.0 Å². The van der Waals surface area contributed by atoms with Gasteiger partial charge in [-0.2, -0.15) is 0 Å². The molecule has 0 heterocycles. The molecule has 102 valence electrons. The molecular weight excluding hydrogens is 226 g/mol. The van der Waals surface area contributed by atoms with Gasteiger partial charge in [-0.15, -0.1) is 0 Å². The lowest BCUT2D eigenvalue weighted by Crippen LogP contribution is -2.41. The molecule has 0 spiro atoms. The Bertz CT molecular complexity index is 212. The molecule has 0 radical (unpaired) electrons. The standard InChI is InChI=1S/C11H23NO5/c1-8(6-15-3)17-7-10(13)5-12-9(2)11(14)16-4/h8-10,12-13H,5-7H2,1-4H3. The van der Waals surface area contributed by atoms with E-state index in [4.69, 9.17) is 9.47 Å². The first-order chi connectivity index (χ1) is 8.01. The average Bonchev–Trinajstić information content (AvgIpc) is 2.32. The van der Waals surface area contributed by atoms with E-state index < -0.39 is 12.1 Å². The molecule has 0 saturated heterocycles. The van der Waals surface area contributed by atoms with E-state index in [2.05, 4.69) is 10.1 Å². The lowest BCUT2D eigenvalue weighted by molar-refractivity contribution is -0.142. The smallest absolute Gasteiger partial charge is 0.322 e. The summed E-state index contributed by atoms with van der Waals surface area (Å²) in [7, 11) is 2.92. The largest absolute Gasteiger partial charge is 0.468 e. The minimum Gasteiger partial charge on any atom is -0.468 e. The second-order valence-corrected chi connectivity index (χ2v) is 3.91. The Morgan fingerprint density at radius 2 is 1.94 bits per heavy atom. The maximum absolute atomic E-state index is 11.1. The monoisotopic (exact) mass is 249 g/mol. The van der Waals surface area contributed by atoms with Gasteiger partial charge >= 0.3 is 5.97 Å². The first-order valence-corrected chi connectivity index (χ1v) is 5.61. The van der Waals surface area contributed by atoms with Gasteiger partial charge in [0, 0.05) is 13.7 Å². The first-order valence-electron chi connectivity index (χ1n) is 5.61. The van der Waals surface area contributed by atoms with E-state index in [0.29, 0.717) is 6.61 Å². The maximum Gasteiger partial charge on any atom is 0.322 e. The molecule has 3 unspecified atom stereocenters. The van der Waals surface area contributed by atoms with Crippen molar-refractivity contribution in [3.8, 4) is 0 Å². The molecule has 0 aromatic heterocycles.